The number of nitrogens with zero attached hydrogens (tertiary/aromatic N) is 2. The summed E-state index contributed by atoms with van der Waals surface area (Å²) in [6.45, 7) is 5.95. The molecule has 0 bridgehead atoms. The van der Waals surface area contributed by atoms with Gasteiger partial charge in [-0.15, -0.1) is 12.4 Å². The molecule has 0 atom stereocenters. The van der Waals surface area contributed by atoms with Gasteiger partial charge in [0, 0.05) is 39.3 Å². The third-order valence-electron chi connectivity index (χ3n) is 3.01. The molecule has 1 heterocycles. The van der Waals surface area contributed by atoms with E-state index >= 15 is 0 Å². The summed E-state index contributed by atoms with van der Waals surface area (Å²) in [6, 6.07) is 8.04. The number of piperazine rings is 1. The van der Waals surface area contributed by atoms with Crippen LogP contribution in [-0.2, 0) is 0 Å². The number of nitrogens with two attached hydrogens (primary N) is 1. The number of benzene rings is 1. The molecule has 0 saturated carbocycles. The molecule has 1 aromatic rings. The highest BCUT2D eigenvalue weighted by Crippen LogP contribution is 2.25. The van der Waals surface area contributed by atoms with Crippen molar-refractivity contribution in [3.8, 4) is 0 Å². The van der Waals surface area contributed by atoms with E-state index in [4.69, 9.17) is 17.3 Å². The predicted molar refractivity (Wildman–Crippen MR) is 76.4 cm³/mol. The Morgan fingerprint density at radius 3 is 2.35 bits per heavy atom. The molecule has 0 radical (unpaired) electrons. The summed E-state index contributed by atoms with van der Waals surface area (Å²) in [5.41, 5.74) is 6.70. The van der Waals surface area contributed by atoms with Crippen LogP contribution >= 0.6 is 24.0 Å². The van der Waals surface area contributed by atoms with E-state index in [1.807, 2.05) is 18.2 Å². The van der Waals surface area contributed by atoms with Crippen molar-refractivity contribution in [2.75, 3.05) is 44.2 Å². The maximum Gasteiger partial charge on any atom is 0.0639 e. The number of rotatable bonds is 3. The molecule has 2 rings (SSSR count). The molecule has 2 N–H and O–H groups in total. The highest BCUT2D eigenvalue weighted by atomic mass is 35.5. The first-order valence-electron chi connectivity index (χ1n) is 5.73. The third-order valence-corrected chi connectivity index (χ3v) is 3.33. The lowest BCUT2D eigenvalue weighted by Crippen LogP contribution is -2.47. The predicted octanol–water partition coefficient (Wildman–Crippen LogP) is 1.84. The Labute approximate surface area is 114 Å². The van der Waals surface area contributed by atoms with Gasteiger partial charge in [-0.3, -0.25) is 4.90 Å². The van der Waals surface area contributed by atoms with Crippen molar-refractivity contribution in [2.45, 2.75) is 0 Å². The second kappa shape index (κ2) is 7.07. The van der Waals surface area contributed by atoms with Crippen molar-refractivity contribution in [3.63, 3.8) is 0 Å². The zero-order valence-corrected chi connectivity index (χ0v) is 11.4. The molecule has 0 amide bonds. The van der Waals surface area contributed by atoms with Crippen LogP contribution in [0.3, 0.4) is 0 Å². The van der Waals surface area contributed by atoms with Gasteiger partial charge in [0.05, 0.1) is 10.7 Å². The SMILES string of the molecule is Cl.NCCN1CCN(c2ccccc2Cl)CC1. The lowest BCUT2D eigenvalue weighted by Gasteiger charge is -2.36. The first kappa shape index (κ1) is 14.6. The number of hydrogen-bond donors (Lipinski definition) is 1. The van der Waals surface area contributed by atoms with Gasteiger partial charge >= 0.3 is 0 Å². The average molecular weight is 276 g/mol. The Balaban J connectivity index is 0.00000144. The van der Waals surface area contributed by atoms with E-state index in [0.29, 0.717) is 0 Å². The van der Waals surface area contributed by atoms with E-state index in [1.165, 1.54) is 0 Å². The number of anilines is 1. The van der Waals surface area contributed by atoms with Crippen molar-refractivity contribution in [3.05, 3.63) is 29.3 Å². The van der Waals surface area contributed by atoms with Gasteiger partial charge < -0.3 is 10.6 Å². The molecule has 1 aliphatic rings. The van der Waals surface area contributed by atoms with Crippen molar-refractivity contribution in [2.24, 2.45) is 5.73 Å². The van der Waals surface area contributed by atoms with Crippen molar-refractivity contribution >= 4 is 29.7 Å². The summed E-state index contributed by atoms with van der Waals surface area (Å²) < 4.78 is 0. The van der Waals surface area contributed by atoms with E-state index in [0.717, 1.165) is 50.0 Å². The molecule has 1 saturated heterocycles. The van der Waals surface area contributed by atoms with Crippen LogP contribution in [0, 0.1) is 0 Å². The monoisotopic (exact) mass is 275 g/mol. The Morgan fingerprint density at radius 2 is 1.76 bits per heavy atom. The normalized spacial score (nSPS) is 16.7. The Kier molecular flexibility index (Phi) is 6.06. The van der Waals surface area contributed by atoms with Gasteiger partial charge in [-0.05, 0) is 12.1 Å². The molecule has 0 unspecified atom stereocenters. The van der Waals surface area contributed by atoms with Gasteiger partial charge in [0.2, 0.25) is 0 Å². The second-order valence-corrected chi connectivity index (χ2v) is 4.48. The van der Waals surface area contributed by atoms with Gasteiger partial charge in [-0.1, -0.05) is 23.7 Å². The summed E-state index contributed by atoms with van der Waals surface area (Å²) in [5.74, 6) is 0. The summed E-state index contributed by atoms with van der Waals surface area (Å²) in [5, 5.41) is 0.842. The second-order valence-electron chi connectivity index (χ2n) is 4.07. The molecule has 0 spiro atoms. The van der Waals surface area contributed by atoms with E-state index in [2.05, 4.69) is 15.9 Å². The fraction of sp³-hybridized carbons (Fsp3) is 0.500. The molecule has 1 aliphatic heterocycles. The molecular formula is C12H19Cl2N3. The maximum atomic E-state index is 6.18. The van der Waals surface area contributed by atoms with Crippen LogP contribution in [0.15, 0.2) is 24.3 Å². The zero-order chi connectivity index (χ0) is 11.4. The van der Waals surface area contributed by atoms with Crippen LogP contribution in [0.1, 0.15) is 0 Å². The largest absolute Gasteiger partial charge is 0.368 e. The fourth-order valence-electron chi connectivity index (χ4n) is 2.10. The van der Waals surface area contributed by atoms with Gasteiger partial charge in [0.25, 0.3) is 0 Å². The minimum Gasteiger partial charge on any atom is -0.368 e. The molecule has 1 fully saturated rings. The molecule has 17 heavy (non-hydrogen) atoms. The topological polar surface area (TPSA) is 32.5 Å². The first-order chi connectivity index (χ1) is 7.81. The number of halogens is 2. The van der Waals surface area contributed by atoms with Crippen LogP contribution in [0.5, 0.6) is 0 Å². The van der Waals surface area contributed by atoms with Gasteiger partial charge in [-0.2, -0.15) is 0 Å². The molecule has 0 aromatic heterocycles. The molecule has 0 aliphatic carbocycles. The lowest BCUT2D eigenvalue weighted by molar-refractivity contribution is 0.265. The average Bonchev–Trinajstić information content (AvgIpc) is 2.31. The van der Waals surface area contributed by atoms with Crippen LogP contribution < -0.4 is 10.6 Å². The van der Waals surface area contributed by atoms with Crippen LogP contribution in [0.4, 0.5) is 5.69 Å². The molecule has 1 aromatic carbocycles. The van der Waals surface area contributed by atoms with Crippen LogP contribution in [-0.4, -0.2) is 44.2 Å². The number of hydrogen-bond acceptors (Lipinski definition) is 3. The fourth-order valence-corrected chi connectivity index (χ4v) is 2.36. The number of para-hydroxylation sites is 1. The Morgan fingerprint density at radius 1 is 1.12 bits per heavy atom. The molecule has 3 nitrogen and oxygen atoms in total. The zero-order valence-electron chi connectivity index (χ0n) is 9.81. The van der Waals surface area contributed by atoms with Crippen LogP contribution in [0.25, 0.3) is 0 Å². The van der Waals surface area contributed by atoms with Crippen molar-refractivity contribution < 1.29 is 0 Å². The van der Waals surface area contributed by atoms with Crippen LogP contribution in [0.2, 0.25) is 5.02 Å². The summed E-state index contributed by atoms with van der Waals surface area (Å²) >= 11 is 6.18. The standard InChI is InChI=1S/C12H18ClN3.ClH/c13-11-3-1-2-4-12(11)16-9-7-15(6-5-14)8-10-16;/h1-4H,5-10,14H2;1H. The smallest absolute Gasteiger partial charge is 0.0639 e. The summed E-state index contributed by atoms with van der Waals surface area (Å²) in [4.78, 5) is 4.74. The van der Waals surface area contributed by atoms with E-state index in [1.54, 1.807) is 0 Å². The molecule has 5 heteroatoms. The van der Waals surface area contributed by atoms with Gasteiger partial charge in [0.1, 0.15) is 0 Å². The summed E-state index contributed by atoms with van der Waals surface area (Å²) in [6.07, 6.45) is 0. The molecule has 96 valence electrons. The quantitative estimate of drug-likeness (QED) is 0.914. The Hall–Kier alpha value is -0.480. The first-order valence-corrected chi connectivity index (χ1v) is 6.11. The van der Waals surface area contributed by atoms with E-state index in [9.17, 15) is 0 Å². The van der Waals surface area contributed by atoms with Crippen molar-refractivity contribution in [1.29, 1.82) is 0 Å². The minimum atomic E-state index is 0. The summed E-state index contributed by atoms with van der Waals surface area (Å²) in [7, 11) is 0. The Bertz CT molecular complexity index is 338. The van der Waals surface area contributed by atoms with E-state index in [-0.39, 0.29) is 12.4 Å². The minimum absolute atomic E-state index is 0. The van der Waals surface area contributed by atoms with Gasteiger partial charge in [-0.25, -0.2) is 0 Å². The van der Waals surface area contributed by atoms with Crippen molar-refractivity contribution in [1.82, 2.24) is 4.90 Å². The highest BCUT2D eigenvalue weighted by Gasteiger charge is 2.17. The molecular weight excluding hydrogens is 257 g/mol. The lowest BCUT2D eigenvalue weighted by atomic mass is 10.2. The highest BCUT2D eigenvalue weighted by molar-refractivity contribution is 6.33. The van der Waals surface area contributed by atoms with E-state index < -0.39 is 0 Å². The van der Waals surface area contributed by atoms with Gasteiger partial charge in [0.15, 0.2) is 0 Å². The third kappa shape index (κ3) is 3.75. The maximum absolute atomic E-state index is 6.18.